The van der Waals surface area contributed by atoms with Crippen molar-refractivity contribution in [3.05, 3.63) is 17.0 Å². The molecule has 0 aromatic carbocycles. The molecule has 27 heavy (non-hydrogen) atoms. The predicted molar refractivity (Wildman–Crippen MR) is 124 cm³/mol. The van der Waals surface area contributed by atoms with Gasteiger partial charge in [-0.05, 0) is 34.2 Å². The standard InChI is InChI=1S/C19H37N7.HI/c1-7-20-19(22-14-18-16(4)23-24(6)17(18)5)21-13-15(3)26-11-9-25(8-2)10-12-26;/h15H,7-14H2,1-6H3,(H2,20,21,22);1H. The zero-order chi connectivity index (χ0) is 19.1. The third-order valence-corrected chi connectivity index (χ3v) is 5.44. The third-order valence-electron chi connectivity index (χ3n) is 5.44. The molecule has 1 aliphatic rings. The summed E-state index contributed by atoms with van der Waals surface area (Å²) in [6.45, 7) is 19.0. The lowest BCUT2D eigenvalue weighted by Crippen LogP contribution is -2.53. The Bertz CT molecular complexity index is 591. The monoisotopic (exact) mass is 491 g/mol. The number of nitrogens with zero attached hydrogens (tertiary/aromatic N) is 5. The largest absolute Gasteiger partial charge is 0.357 e. The molecule has 1 saturated heterocycles. The average molecular weight is 491 g/mol. The maximum atomic E-state index is 4.78. The lowest BCUT2D eigenvalue weighted by molar-refractivity contribution is 0.107. The summed E-state index contributed by atoms with van der Waals surface area (Å²) in [5, 5.41) is 11.4. The van der Waals surface area contributed by atoms with Crippen LogP contribution in [0.3, 0.4) is 0 Å². The Kier molecular flexibility index (Phi) is 10.6. The molecule has 1 unspecified atom stereocenters. The van der Waals surface area contributed by atoms with Crippen LogP contribution in [0.5, 0.6) is 0 Å². The molecule has 2 rings (SSSR count). The highest BCUT2D eigenvalue weighted by Crippen LogP contribution is 2.12. The van der Waals surface area contributed by atoms with Gasteiger partial charge in [0.15, 0.2) is 5.96 Å². The van der Waals surface area contributed by atoms with Gasteiger partial charge in [-0.25, -0.2) is 4.99 Å². The van der Waals surface area contributed by atoms with E-state index in [0.29, 0.717) is 12.6 Å². The van der Waals surface area contributed by atoms with Crippen LogP contribution in [0.2, 0.25) is 0 Å². The first-order valence-electron chi connectivity index (χ1n) is 9.93. The van der Waals surface area contributed by atoms with Crippen LogP contribution in [0.15, 0.2) is 4.99 Å². The summed E-state index contributed by atoms with van der Waals surface area (Å²) in [6.07, 6.45) is 0. The summed E-state index contributed by atoms with van der Waals surface area (Å²) in [7, 11) is 1.99. The zero-order valence-electron chi connectivity index (χ0n) is 17.9. The summed E-state index contributed by atoms with van der Waals surface area (Å²) in [5.74, 6) is 0.884. The van der Waals surface area contributed by atoms with Crippen molar-refractivity contribution in [1.82, 2.24) is 30.2 Å². The van der Waals surface area contributed by atoms with E-state index in [4.69, 9.17) is 4.99 Å². The second-order valence-electron chi connectivity index (χ2n) is 7.17. The van der Waals surface area contributed by atoms with Crippen LogP contribution in [0, 0.1) is 13.8 Å². The molecule has 1 atom stereocenters. The van der Waals surface area contributed by atoms with E-state index in [2.05, 4.69) is 60.2 Å². The van der Waals surface area contributed by atoms with Gasteiger partial charge in [0.05, 0.1) is 12.2 Å². The first-order valence-corrected chi connectivity index (χ1v) is 9.93. The Labute approximate surface area is 182 Å². The third kappa shape index (κ3) is 6.90. The Hall–Kier alpha value is -0.870. The van der Waals surface area contributed by atoms with Gasteiger partial charge in [-0.2, -0.15) is 5.10 Å². The summed E-state index contributed by atoms with van der Waals surface area (Å²) in [5.41, 5.74) is 3.46. The van der Waals surface area contributed by atoms with Gasteiger partial charge in [0.2, 0.25) is 0 Å². The van der Waals surface area contributed by atoms with Gasteiger partial charge in [0.1, 0.15) is 0 Å². The Morgan fingerprint density at radius 1 is 1.15 bits per heavy atom. The molecule has 8 heteroatoms. The van der Waals surface area contributed by atoms with E-state index in [-0.39, 0.29) is 24.0 Å². The summed E-state index contributed by atoms with van der Waals surface area (Å²) in [6, 6.07) is 0.500. The maximum Gasteiger partial charge on any atom is 0.191 e. The number of aryl methyl sites for hydroxylation is 2. The molecule has 156 valence electrons. The topological polar surface area (TPSA) is 60.7 Å². The minimum Gasteiger partial charge on any atom is -0.357 e. The van der Waals surface area contributed by atoms with Crippen LogP contribution >= 0.6 is 24.0 Å². The Morgan fingerprint density at radius 3 is 2.33 bits per heavy atom. The van der Waals surface area contributed by atoms with Gasteiger partial charge >= 0.3 is 0 Å². The van der Waals surface area contributed by atoms with Crippen molar-refractivity contribution in [1.29, 1.82) is 0 Å². The molecular formula is C19H38IN7. The molecule has 1 aliphatic heterocycles. The molecule has 1 aromatic heterocycles. The molecule has 7 nitrogen and oxygen atoms in total. The fourth-order valence-corrected chi connectivity index (χ4v) is 3.44. The average Bonchev–Trinajstić information content (AvgIpc) is 2.89. The second kappa shape index (κ2) is 11.9. The van der Waals surface area contributed by atoms with Crippen LogP contribution in [0.25, 0.3) is 0 Å². The normalized spacial score (nSPS) is 17.5. The molecular weight excluding hydrogens is 453 g/mol. The van der Waals surface area contributed by atoms with E-state index < -0.39 is 0 Å². The molecule has 0 radical (unpaired) electrons. The number of aromatic nitrogens is 2. The maximum absolute atomic E-state index is 4.78. The van der Waals surface area contributed by atoms with Gasteiger partial charge < -0.3 is 15.5 Å². The number of halogens is 1. The van der Waals surface area contributed by atoms with Gasteiger partial charge in [-0.1, -0.05) is 6.92 Å². The summed E-state index contributed by atoms with van der Waals surface area (Å²) >= 11 is 0. The van der Waals surface area contributed by atoms with Crippen molar-refractivity contribution >= 4 is 29.9 Å². The Morgan fingerprint density at radius 2 is 1.81 bits per heavy atom. The summed E-state index contributed by atoms with van der Waals surface area (Å²) < 4.78 is 1.93. The minimum atomic E-state index is 0. The molecule has 0 aliphatic carbocycles. The minimum absolute atomic E-state index is 0. The van der Waals surface area contributed by atoms with Crippen LogP contribution < -0.4 is 10.6 Å². The van der Waals surface area contributed by atoms with Crippen molar-refractivity contribution in [2.75, 3.05) is 45.8 Å². The number of aliphatic imine (C=N–C) groups is 1. The van der Waals surface area contributed by atoms with E-state index in [1.165, 1.54) is 24.3 Å². The SMILES string of the molecule is CCNC(=NCc1c(C)nn(C)c1C)NCC(C)N1CCN(CC)CC1.I. The molecule has 1 aromatic rings. The quantitative estimate of drug-likeness (QED) is 0.346. The molecule has 0 amide bonds. The van der Waals surface area contributed by atoms with Crippen molar-refractivity contribution in [2.45, 2.75) is 47.2 Å². The molecule has 0 bridgehead atoms. The number of nitrogens with one attached hydrogen (secondary N) is 2. The lowest BCUT2D eigenvalue weighted by atomic mass is 10.2. The van der Waals surface area contributed by atoms with Gasteiger partial charge in [0.25, 0.3) is 0 Å². The first kappa shape index (κ1) is 24.2. The van der Waals surface area contributed by atoms with Crippen molar-refractivity contribution in [3.8, 4) is 0 Å². The second-order valence-corrected chi connectivity index (χ2v) is 7.17. The zero-order valence-corrected chi connectivity index (χ0v) is 20.2. The summed E-state index contributed by atoms with van der Waals surface area (Å²) in [4.78, 5) is 9.86. The van der Waals surface area contributed by atoms with Gasteiger partial charge in [-0.3, -0.25) is 9.58 Å². The molecule has 1 fully saturated rings. The molecule has 2 heterocycles. The van der Waals surface area contributed by atoms with E-state index in [1.54, 1.807) is 0 Å². The van der Waals surface area contributed by atoms with Crippen LogP contribution in [-0.2, 0) is 13.6 Å². The van der Waals surface area contributed by atoms with Crippen molar-refractivity contribution in [2.24, 2.45) is 12.0 Å². The Balaban J connectivity index is 0.00000364. The highest BCUT2D eigenvalue weighted by atomic mass is 127. The van der Waals surface area contributed by atoms with Crippen molar-refractivity contribution < 1.29 is 0 Å². The highest BCUT2D eigenvalue weighted by molar-refractivity contribution is 14.0. The van der Waals surface area contributed by atoms with E-state index in [0.717, 1.165) is 44.4 Å². The smallest absolute Gasteiger partial charge is 0.191 e. The predicted octanol–water partition coefficient (Wildman–Crippen LogP) is 1.74. The fraction of sp³-hybridized carbons (Fsp3) is 0.789. The number of likely N-dealkylation sites (N-methyl/N-ethyl adjacent to an activating group) is 1. The van der Waals surface area contributed by atoms with Crippen LogP contribution in [0.4, 0.5) is 0 Å². The molecule has 0 spiro atoms. The van der Waals surface area contributed by atoms with Crippen molar-refractivity contribution in [3.63, 3.8) is 0 Å². The van der Waals surface area contributed by atoms with E-state index in [9.17, 15) is 0 Å². The molecule has 2 N–H and O–H groups in total. The van der Waals surface area contributed by atoms with Crippen LogP contribution in [0.1, 0.15) is 37.7 Å². The number of rotatable bonds is 7. The highest BCUT2D eigenvalue weighted by Gasteiger charge is 2.20. The number of piperazine rings is 1. The first-order chi connectivity index (χ1) is 12.5. The van der Waals surface area contributed by atoms with Gasteiger partial charge in [-0.15, -0.1) is 24.0 Å². The van der Waals surface area contributed by atoms with E-state index in [1.807, 2.05) is 11.7 Å². The number of hydrogen-bond acceptors (Lipinski definition) is 4. The van der Waals surface area contributed by atoms with Crippen LogP contribution in [-0.4, -0.2) is 77.4 Å². The molecule has 0 saturated carbocycles. The fourth-order valence-electron chi connectivity index (χ4n) is 3.44. The lowest BCUT2D eigenvalue weighted by Gasteiger charge is -2.37. The number of guanidine groups is 1. The van der Waals surface area contributed by atoms with E-state index >= 15 is 0 Å². The van der Waals surface area contributed by atoms with Gasteiger partial charge in [0, 0.05) is 63.6 Å². The number of hydrogen-bond donors (Lipinski definition) is 2.